The molecule has 5 heteroatoms. The Morgan fingerprint density at radius 3 is 2.26 bits per heavy atom. The number of hydrogen-bond acceptors (Lipinski definition) is 3. The van der Waals surface area contributed by atoms with Crippen LogP contribution in [0.4, 0.5) is 0 Å². The molecule has 0 aromatic heterocycles. The van der Waals surface area contributed by atoms with E-state index in [9.17, 15) is 4.79 Å². The SMILES string of the molecule is CC1(NC(=O)C2(C(N)=S)CCOCC2)CCCCC1. The van der Waals surface area contributed by atoms with Gasteiger partial charge in [-0.15, -0.1) is 0 Å². The lowest BCUT2D eigenvalue weighted by atomic mass is 9.77. The standard InChI is InChI=1S/C14H24N2O2S/c1-13(5-3-2-4-6-13)16-12(17)14(11(15)19)7-9-18-10-8-14/h2-10H2,1H3,(H2,15,19)(H,16,17). The van der Waals surface area contributed by atoms with Crippen molar-refractivity contribution in [1.82, 2.24) is 5.32 Å². The Hall–Kier alpha value is -0.680. The molecule has 0 atom stereocenters. The van der Waals surface area contributed by atoms with Crippen molar-refractivity contribution in [2.45, 2.75) is 57.4 Å². The maximum atomic E-state index is 12.7. The Morgan fingerprint density at radius 1 is 1.16 bits per heavy atom. The van der Waals surface area contributed by atoms with Crippen LogP contribution in [0.1, 0.15) is 51.9 Å². The molecule has 1 heterocycles. The summed E-state index contributed by atoms with van der Waals surface area (Å²) in [4.78, 5) is 13.0. The molecule has 2 aliphatic rings. The van der Waals surface area contributed by atoms with Gasteiger partial charge in [-0.2, -0.15) is 0 Å². The molecular formula is C14H24N2O2S. The van der Waals surface area contributed by atoms with Crippen LogP contribution in [-0.2, 0) is 9.53 Å². The van der Waals surface area contributed by atoms with Crippen molar-refractivity contribution in [3.05, 3.63) is 0 Å². The van der Waals surface area contributed by atoms with Gasteiger partial charge in [-0.3, -0.25) is 4.79 Å². The third-order valence-electron chi connectivity index (χ3n) is 4.63. The lowest BCUT2D eigenvalue weighted by Crippen LogP contribution is -2.58. The van der Waals surface area contributed by atoms with Gasteiger partial charge in [-0.25, -0.2) is 0 Å². The lowest BCUT2D eigenvalue weighted by molar-refractivity contribution is -0.133. The lowest BCUT2D eigenvalue weighted by Gasteiger charge is -2.41. The van der Waals surface area contributed by atoms with Gasteiger partial charge in [0.1, 0.15) is 5.41 Å². The van der Waals surface area contributed by atoms with E-state index in [1.54, 1.807) is 0 Å². The van der Waals surface area contributed by atoms with Crippen LogP contribution in [0.25, 0.3) is 0 Å². The molecule has 2 fully saturated rings. The number of thiocarbonyl (C=S) groups is 1. The highest BCUT2D eigenvalue weighted by Crippen LogP contribution is 2.34. The minimum absolute atomic E-state index is 0.00713. The molecular weight excluding hydrogens is 260 g/mol. The van der Waals surface area contributed by atoms with Gasteiger partial charge in [0.25, 0.3) is 0 Å². The predicted octanol–water partition coefficient (Wildman–Crippen LogP) is 1.91. The van der Waals surface area contributed by atoms with Gasteiger partial charge < -0.3 is 15.8 Å². The molecule has 2 rings (SSSR count). The van der Waals surface area contributed by atoms with Crippen LogP contribution < -0.4 is 11.1 Å². The van der Waals surface area contributed by atoms with Gasteiger partial charge in [0.15, 0.2) is 0 Å². The minimum Gasteiger partial charge on any atom is -0.392 e. The van der Waals surface area contributed by atoms with Crippen LogP contribution in [0, 0.1) is 5.41 Å². The Labute approximate surface area is 120 Å². The second kappa shape index (κ2) is 5.75. The fourth-order valence-electron chi connectivity index (χ4n) is 3.16. The summed E-state index contributed by atoms with van der Waals surface area (Å²) in [6.45, 7) is 3.25. The van der Waals surface area contributed by atoms with Gasteiger partial charge in [0.2, 0.25) is 5.91 Å². The molecule has 4 nitrogen and oxygen atoms in total. The first-order valence-corrected chi connectivity index (χ1v) is 7.60. The molecule has 0 unspecified atom stereocenters. The molecule has 0 aromatic carbocycles. The van der Waals surface area contributed by atoms with Crippen molar-refractivity contribution in [2.24, 2.45) is 11.1 Å². The Bertz CT molecular complexity index is 358. The summed E-state index contributed by atoms with van der Waals surface area (Å²) in [5, 5.41) is 3.23. The number of ether oxygens (including phenoxy) is 1. The summed E-state index contributed by atoms with van der Waals surface area (Å²) in [5.41, 5.74) is 5.07. The van der Waals surface area contributed by atoms with Crippen LogP contribution in [0.3, 0.4) is 0 Å². The number of hydrogen-bond donors (Lipinski definition) is 2. The third-order valence-corrected chi connectivity index (χ3v) is 5.02. The van der Waals surface area contributed by atoms with Crippen molar-refractivity contribution in [2.75, 3.05) is 13.2 Å². The average molecular weight is 284 g/mol. The first-order valence-electron chi connectivity index (χ1n) is 7.19. The minimum atomic E-state index is -0.700. The van der Waals surface area contributed by atoms with Gasteiger partial charge in [0.05, 0.1) is 4.99 Å². The van der Waals surface area contributed by atoms with E-state index in [0.717, 1.165) is 12.8 Å². The maximum absolute atomic E-state index is 12.7. The molecule has 0 radical (unpaired) electrons. The van der Waals surface area contributed by atoms with E-state index in [0.29, 0.717) is 31.0 Å². The largest absolute Gasteiger partial charge is 0.392 e. The fraction of sp³-hybridized carbons (Fsp3) is 0.857. The molecule has 1 saturated carbocycles. The first-order chi connectivity index (χ1) is 8.99. The van der Waals surface area contributed by atoms with Crippen molar-refractivity contribution in [3.8, 4) is 0 Å². The molecule has 19 heavy (non-hydrogen) atoms. The predicted molar refractivity (Wildman–Crippen MR) is 78.9 cm³/mol. The quantitative estimate of drug-likeness (QED) is 0.777. The van der Waals surface area contributed by atoms with Crippen LogP contribution in [0.5, 0.6) is 0 Å². The van der Waals surface area contributed by atoms with Crippen LogP contribution in [0.15, 0.2) is 0 Å². The molecule has 1 saturated heterocycles. The molecule has 1 amide bonds. The van der Waals surface area contributed by atoms with E-state index >= 15 is 0 Å². The molecule has 1 aliphatic carbocycles. The van der Waals surface area contributed by atoms with E-state index in [2.05, 4.69) is 12.2 Å². The molecule has 0 spiro atoms. The molecule has 108 valence electrons. The number of amides is 1. The zero-order chi connectivity index (χ0) is 13.9. The molecule has 0 bridgehead atoms. The molecule has 0 aromatic rings. The molecule has 1 aliphatic heterocycles. The van der Waals surface area contributed by atoms with Gasteiger partial charge in [-0.1, -0.05) is 31.5 Å². The summed E-state index contributed by atoms with van der Waals surface area (Å²) in [6, 6.07) is 0. The number of carbonyl (C=O) groups is 1. The van der Waals surface area contributed by atoms with E-state index < -0.39 is 5.41 Å². The van der Waals surface area contributed by atoms with Crippen LogP contribution >= 0.6 is 12.2 Å². The van der Waals surface area contributed by atoms with Crippen molar-refractivity contribution in [1.29, 1.82) is 0 Å². The number of nitrogens with one attached hydrogen (secondary N) is 1. The zero-order valence-electron chi connectivity index (χ0n) is 11.7. The monoisotopic (exact) mass is 284 g/mol. The smallest absolute Gasteiger partial charge is 0.233 e. The van der Waals surface area contributed by atoms with E-state index in [1.165, 1.54) is 19.3 Å². The topological polar surface area (TPSA) is 64.4 Å². The summed E-state index contributed by atoms with van der Waals surface area (Å²) in [5.74, 6) is 0.00713. The fourth-order valence-corrected chi connectivity index (χ4v) is 3.45. The zero-order valence-corrected chi connectivity index (χ0v) is 12.5. The van der Waals surface area contributed by atoms with Crippen molar-refractivity contribution < 1.29 is 9.53 Å². The number of carbonyl (C=O) groups excluding carboxylic acids is 1. The molecule has 3 N–H and O–H groups in total. The van der Waals surface area contributed by atoms with E-state index in [4.69, 9.17) is 22.7 Å². The Morgan fingerprint density at radius 2 is 1.74 bits per heavy atom. The first kappa shape index (κ1) is 14.7. The number of nitrogens with two attached hydrogens (primary N) is 1. The highest BCUT2D eigenvalue weighted by Gasteiger charge is 2.45. The maximum Gasteiger partial charge on any atom is 0.233 e. The normalized spacial score (nSPS) is 25.5. The summed E-state index contributed by atoms with van der Waals surface area (Å²) >= 11 is 5.17. The summed E-state index contributed by atoms with van der Waals surface area (Å²) in [7, 11) is 0. The second-order valence-corrected chi connectivity index (χ2v) is 6.57. The van der Waals surface area contributed by atoms with Crippen LogP contribution in [0.2, 0.25) is 0 Å². The van der Waals surface area contributed by atoms with Gasteiger partial charge in [-0.05, 0) is 32.6 Å². The highest BCUT2D eigenvalue weighted by atomic mass is 32.1. The van der Waals surface area contributed by atoms with Gasteiger partial charge >= 0.3 is 0 Å². The summed E-state index contributed by atoms with van der Waals surface area (Å²) < 4.78 is 5.35. The van der Waals surface area contributed by atoms with Crippen molar-refractivity contribution in [3.63, 3.8) is 0 Å². The number of rotatable bonds is 3. The average Bonchev–Trinajstić information content (AvgIpc) is 2.39. The van der Waals surface area contributed by atoms with E-state index in [-0.39, 0.29) is 11.4 Å². The highest BCUT2D eigenvalue weighted by molar-refractivity contribution is 7.80. The second-order valence-electron chi connectivity index (χ2n) is 6.13. The van der Waals surface area contributed by atoms with Gasteiger partial charge in [0, 0.05) is 18.8 Å². The van der Waals surface area contributed by atoms with E-state index in [1.807, 2.05) is 0 Å². The van der Waals surface area contributed by atoms with Crippen molar-refractivity contribution >= 4 is 23.1 Å². The Balaban J connectivity index is 2.09. The Kier molecular flexibility index (Phi) is 4.46. The third kappa shape index (κ3) is 3.08. The van der Waals surface area contributed by atoms with Crippen LogP contribution in [-0.4, -0.2) is 29.6 Å². The summed E-state index contributed by atoms with van der Waals surface area (Å²) in [6.07, 6.45) is 6.92.